The van der Waals surface area contributed by atoms with Gasteiger partial charge in [0.05, 0.1) is 0 Å². The second-order valence-corrected chi connectivity index (χ2v) is 7.84. The molecule has 0 atom stereocenters. The number of guanidine groups is 1. The summed E-state index contributed by atoms with van der Waals surface area (Å²) in [5.41, 5.74) is 4.31. The van der Waals surface area contributed by atoms with E-state index in [1.54, 1.807) is 19.2 Å². The number of carbonyl (C=O) groups is 1. The Hall–Kier alpha value is -3.35. The number of rotatable bonds is 7. The molecule has 6 nitrogen and oxygen atoms in total. The van der Waals surface area contributed by atoms with Crippen LogP contribution in [0.15, 0.2) is 53.7 Å². The summed E-state index contributed by atoms with van der Waals surface area (Å²) < 4.78 is 13.5. The Labute approximate surface area is 181 Å². The van der Waals surface area contributed by atoms with E-state index in [9.17, 15) is 9.18 Å². The lowest BCUT2D eigenvalue weighted by atomic mass is 10.1. The number of H-pyrrole nitrogens is 1. The molecule has 7 heteroatoms. The zero-order valence-electron chi connectivity index (χ0n) is 17.7. The number of carbonyl (C=O) groups excluding carboxylic acids is 1. The first kappa shape index (κ1) is 20.9. The highest BCUT2D eigenvalue weighted by Crippen LogP contribution is 2.19. The van der Waals surface area contributed by atoms with Crippen LogP contribution in [0, 0.1) is 5.82 Å². The lowest BCUT2D eigenvalue weighted by Crippen LogP contribution is -2.37. The van der Waals surface area contributed by atoms with Crippen LogP contribution in [0.3, 0.4) is 0 Å². The van der Waals surface area contributed by atoms with E-state index < -0.39 is 0 Å². The first-order valence-electron chi connectivity index (χ1n) is 10.7. The lowest BCUT2D eigenvalue weighted by Gasteiger charge is -2.16. The molecule has 162 valence electrons. The van der Waals surface area contributed by atoms with Gasteiger partial charge in [0.2, 0.25) is 5.91 Å². The topological polar surface area (TPSA) is 72.5 Å². The molecule has 0 bridgehead atoms. The average Bonchev–Trinajstić information content (AvgIpc) is 3.37. The number of fused-ring (bicyclic) bond motifs is 1. The van der Waals surface area contributed by atoms with Crippen LogP contribution in [0.1, 0.15) is 29.5 Å². The molecule has 2 aromatic carbocycles. The minimum Gasteiger partial charge on any atom is -0.361 e. The largest absolute Gasteiger partial charge is 0.361 e. The number of aliphatic imine (C=N–C) groups is 1. The summed E-state index contributed by atoms with van der Waals surface area (Å²) in [6.45, 7) is 2.89. The van der Waals surface area contributed by atoms with Crippen molar-refractivity contribution in [1.82, 2.24) is 20.5 Å². The van der Waals surface area contributed by atoms with E-state index in [1.807, 2.05) is 11.1 Å². The van der Waals surface area contributed by atoms with Gasteiger partial charge in [0.15, 0.2) is 5.96 Å². The molecule has 3 aromatic rings. The maximum Gasteiger partial charge on any atom is 0.222 e. The van der Waals surface area contributed by atoms with E-state index >= 15 is 0 Å². The van der Waals surface area contributed by atoms with Crippen molar-refractivity contribution in [2.75, 3.05) is 20.1 Å². The molecule has 1 saturated heterocycles. The van der Waals surface area contributed by atoms with Gasteiger partial charge < -0.3 is 20.5 Å². The summed E-state index contributed by atoms with van der Waals surface area (Å²) in [6, 6.07) is 13.1. The van der Waals surface area contributed by atoms with Gasteiger partial charge in [-0.3, -0.25) is 9.79 Å². The highest BCUT2D eigenvalue weighted by molar-refractivity contribution is 5.83. The number of halogens is 1. The first-order valence-corrected chi connectivity index (χ1v) is 10.7. The molecule has 2 heterocycles. The van der Waals surface area contributed by atoms with Crippen molar-refractivity contribution in [2.45, 2.75) is 32.4 Å². The molecule has 0 unspecified atom stereocenters. The summed E-state index contributed by atoms with van der Waals surface area (Å²) in [5.74, 6) is 0.744. The number of nitrogens with zero attached hydrogens (tertiary/aromatic N) is 2. The minimum absolute atomic E-state index is 0.225. The summed E-state index contributed by atoms with van der Waals surface area (Å²) >= 11 is 0. The van der Waals surface area contributed by atoms with Crippen LogP contribution in [-0.4, -0.2) is 41.9 Å². The third-order valence-corrected chi connectivity index (χ3v) is 5.67. The van der Waals surface area contributed by atoms with Crippen LogP contribution in [0.4, 0.5) is 4.39 Å². The molecule has 0 spiro atoms. The quantitative estimate of drug-likeness (QED) is 0.405. The fourth-order valence-corrected chi connectivity index (χ4v) is 3.93. The number of likely N-dealkylation sites (tertiary alicyclic amines) is 1. The molecule has 31 heavy (non-hydrogen) atoms. The summed E-state index contributed by atoms with van der Waals surface area (Å²) in [5, 5.41) is 7.54. The van der Waals surface area contributed by atoms with Crippen molar-refractivity contribution < 1.29 is 9.18 Å². The highest BCUT2D eigenvalue weighted by Gasteiger charge is 2.19. The van der Waals surface area contributed by atoms with Gasteiger partial charge in [-0.15, -0.1) is 0 Å². The van der Waals surface area contributed by atoms with Gasteiger partial charge in [0.25, 0.3) is 0 Å². The van der Waals surface area contributed by atoms with Crippen molar-refractivity contribution in [1.29, 1.82) is 0 Å². The zero-order valence-corrected chi connectivity index (χ0v) is 17.7. The maximum absolute atomic E-state index is 13.5. The van der Waals surface area contributed by atoms with Crippen LogP contribution in [0.25, 0.3) is 10.9 Å². The van der Waals surface area contributed by atoms with E-state index in [0.29, 0.717) is 26.1 Å². The molecule has 0 radical (unpaired) electrons. The Morgan fingerprint density at radius 2 is 1.97 bits per heavy atom. The second-order valence-electron chi connectivity index (χ2n) is 7.84. The van der Waals surface area contributed by atoms with Crippen LogP contribution in [0.2, 0.25) is 0 Å². The Bertz CT molecular complexity index is 1070. The van der Waals surface area contributed by atoms with Crippen LogP contribution >= 0.6 is 0 Å². The predicted molar refractivity (Wildman–Crippen MR) is 121 cm³/mol. The highest BCUT2D eigenvalue weighted by atomic mass is 19.1. The van der Waals surface area contributed by atoms with Gasteiger partial charge in [-0.05, 0) is 47.7 Å². The van der Waals surface area contributed by atoms with E-state index in [2.05, 4.69) is 44.9 Å². The number of amides is 1. The van der Waals surface area contributed by atoms with E-state index in [0.717, 1.165) is 52.9 Å². The van der Waals surface area contributed by atoms with Crippen LogP contribution in [-0.2, 0) is 24.3 Å². The summed E-state index contributed by atoms with van der Waals surface area (Å²) in [6.07, 6.45) is 4.32. The second kappa shape index (κ2) is 9.64. The molecule has 1 aromatic heterocycles. The summed E-state index contributed by atoms with van der Waals surface area (Å²) in [4.78, 5) is 21.1. The van der Waals surface area contributed by atoms with E-state index in [1.165, 1.54) is 6.07 Å². The van der Waals surface area contributed by atoms with Gasteiger partial charge in [-0.1, -0.05) is 24.3 Å². The molecule has 0 saturated carbocycles. The number of benzene rings is 2. The predicted octanol–water partition coefficient (Wildman–Crippen LogP) is 3.34. The SMILES string of the molecule is CN=C(NCCc1c[nH]c2ccc(F)cc12)NCc1ccc(CN2CCCC2=O)cc1. The van der Waals surface area contributed by atoms with E-state index in [4.69, 9.17) is 0 Å². The average molecular weight is 422 g/mol. The molecule has 1 fully saturated rings. The van der Waals surface area contributed by atoms with Crippen molar-refractivity contribution in [3.05, 3.63) is 71.2 Å². The fourth-order valence-electron chi connectivity index (χ4n) is 3.93. The molecular weight excluding hydrogens is 393 g/mol. The third kappa shape index (κ3) is 5.23. The van der Waals surface area contributed by atoms with Gasteiger partial charge in [-0.25, -0.2) is 4.39 Å². The molecule has 0 aliphatic carbocycles. The molecule has 1 amide bonds. The molecule has 1 aliphatic heterocycles. The number of nitrogens with one attached hydrogen (secondary N) is 3. The van der Waals surface area contributed by atoms with Gasteiger partial charge in [-0.2, -0.15) is 0 Å². The number of hydrogen-bond acceptors (Lipinski definition) is 2. The monoisotopic (exact) mass is 421 g/mol. The first-order chi connectivity index (χ1) is 15.1. The maximum atomic E-state index is 13.5. The van der Waals surface area contributed by atoms with Crippen molar-refractivity contribution >= 4 is 22.8 Å². The van der Waals surface area contributed by atoms with Crippen LogP contribution in [0.5, 0.6) is 0 Å². The zero-order chi connectivity index (χ0) is 21.6. The number of aromatic nitrogens is 1. The lowest BCUT2D eigenvalue weighted by molar-refractivity contribution is -0.128. The minimum atomic E-state index is -0.225. The molecule has 3 N–H and O–H groups in total. The van der Waals surface area contributed by atoms with Crippen LogP contribution < -0.4 is 10.6 Å². The standard InChI is InChI=1S/C24H28FN5O/c1-26-24(27-11-10-19-15-28-22-9-8-20(25)13-21(19)22)29-14-17-4-6-18(7-5-17)16-30-12-2-3-23(30)31/h4-9,13,15,28H,2-3,10-12,14,16H2,1H3,(H2,26,27,29). The number of aromatic amines is 1. The summed E-state index contributed by atoms with van der Waals surface area (Å²) in [7, 11) is 1.74. The molecular formula is C24H28FN5O. The third-order valence-electron chi connectivity index (χ3n) is 5.67. The normalized spacial score (nSPS) is 14.5. The van der Waals surface area contributed by atoms with Crippen molar-refractivity contribution in [2.24, 2.45) is 4.99 Å². The van der Waals surface area contributed by atoms with Crippen molar-refractivity contribution in [3.63, 3.8) is 0 Å². The fraction of sp³-hybridized carbons (Fsp3) is 0.333. The molecule has 4 rings (SSSR count). The van der Waals surface area contributed by atoms with Gasteiger partial charge >= 0.3 is 0 Å². The van der Waals surface area contributed by atoms with Crippen molar-refractivity contribution in [3.8, 4) is 0 Å². The smallest absolute Gasteiger partial charge is 0.222 e. The Balaban J connectivity index is 1.24. The Morgan fingerprint density at radius 3 is 2.71 bits per heavy atom. The van der Waals surface area contributed by atoms with Gasteiger partial charge in [0.1, 0.15) is 5.82 Å². The Morgan fingerprint density at radius 1 is 1.16 bits per heavy atom. The number of hydrogen-bond donors (Lipinski definition) is 3. The Kier molecular flexibility index (Phi) is 6.50. The van der Waals surface area contributed by atoms with E-state index in [-0.39, 0.29) is 11.7 Å². The molecule has 1 aliphatic rings. The van der Waals surface area contributed by atoms with Gasteiger partial charge in [0, 0.05) is 56.7 Å².